The third-order valence-electron chi connectivity index (χ3n) is 3.12. The van der Waals surface area contributed by atoms with Crippen LogP contribution >= 0.6 is 15.9 Å². The number of nitrogen functional groups attached to an aromatic ring is 1. The Labute approximate surface area is 117 Å². The van der Waals surface area contributed by atoms with E-state index in [0.29, 0.717) is 10.2 Å². The molecular formula is C12H19BrN2O2S. The first-order valence-electron chi connectivity index (χ1n) is 5.85. The van der Waals surface area contributed by atoms with Crippen molar-refractivity contribution in [1.29, 1.82) is 0 Å². The first-order chi connectivity index (χ1) is 8.27. The molecule has 1 aromatic carbocycles. The Hall–Kier alpha value is -0.590. The largest absolute Gasteiger partial charge is 0.398 e. The molecule has 6 heteroatoms. The molecule has 0 heterocycles. The molecule has 2 atom stereocenters. The first kappa shape index (κ1) is 15.5. The van der Waals surface area contributed by atoms with Gasteiger partial charge in [0.15, 0.2) is 0 Å². The monoisotopic (exact) mass is 334 g/mol. The molecule has 18 heavy (non-hydrogen) atoms. The molecule has 0 aliphatic rings. The van der Waals surface area contributed by atoms with Crippen molar-refractivity contribution < 1.29 is 8.42 Å². The lowest BCUT2D eigenvalue weighted by Crippen LogP contribution is -2.36. The van der Waals surface area contributed by atoms with Crippen molar-refractivity contribution in [3.8, 4) is 0 Å². The molecule has 0 radical (unpaired) electrons. The zero-order valence-corrected chi connectivity index (χ0v) is 13.2. The summed E-state index contributed by atoms with van der Waals surface area (Å²) in [5.41, 5.74) is 6.11. The number of halogens is 1. The van der Waals surface area contributed by atoms with Gasteiger partial charge in [0.25, 0.3) is 0 Å². The lowest BCUT2D eigenvalue weighted by atomic mass is 10.0. The van der Waals surface area contributed by atoms with E-state index in [2.05, 4.69) is 20.7 Å². The normalized spacial score (nSPS) is 15.3. The van der Waals surface area contributed by atoms with Gasteiger partial charge in [-0.3, -0.25) is 0 Å². The fraction of sp³-hybridized carbons (Fsp3) is 0.500. The average Bonchev–Trinajstić information content (AvgIpc) is 2.30. The number of benzene rings is 1. The molecule has 3 N–H and O–H groups in total. The van der Waals surface area contributed by atoms with Gasteiger partial charge in [-0.1, -0.05) is 20.3 Å². The molecule has 4 nitrogen and oxygen atoms in total. The summed E-state index contributed by atoms with van der Waals surface area (Å²) in [6, 6.07) is 4.52. The van der Waals surface area contributed by atoms with E-state index in [9.17, 15) is 8.42 Å². The minimum absolute atomic E-state index is 0.107. The van der Waals surface area contributed by atoms with Crippen LogP contribution in [0, 0.1) is 5.92 Å². The molecular weight excluding hydrogens is 316 g/mol. The highest BCUT2D eigenvalue weighted by Crippen LogP contribution is 2.23. The van der Waals surface area contributed by atoms with Crippen LogP contribution in [0.3, 0.4) is 0 Å². The topological polar surface area (TPSA) is 72.2 Å². The maximum absolute atomic E-state index is 12.1. The molecule has 0 amide bonds. The quantitative estimate of drug-likeness (QED) is 0.813. The fourth-order valence-corrected chi connectivity index (χ4v) is 3.11. The van der Waals surface area contributed by atoms with Gasteiger partial charge in [0.05, 0.1) is 4.90 Å². The van der Waals surface area contributed by atoms with Gasteiger partial charge in [0, 0.05) is 16.2 Å². The average molecular weight is 335 g/mol. The summed E-state index contributed by atoms with van der Waals surface area (Å²) in [6.07, 6.45) is 0.923. The Morgan fingerprint density at radius 1 is 1.39 bits per heavy atom. The summed E-state index contributed by atoms with van der Waals surface area (Å²) < 4.78 is 27.7. The molecule has 1 aromatic rings. The maximum Gasteiger partial charge on any atom is 0.240 e. The molecule has 0 spiro atoms. The van der Waals surface area contributed by atoms with Gasteiger partial charge >= 0.3 is 0 Å². The third kappa shape index (κ3) is 3.70. The van der Waals surface area contributed by atoms with E-state index in [-0.39, 0.29) is 16.9 Å². The predicted molar refractivity (Wildman–Crippen MR) is 77.8 cm³/mol. The molecule has 0 aliphatic carbocycles. The summed E-state index contributed by atoms with van der Waals surface area (Å²) >= 11 is 3.24. The molecule has 0 saturated heterocycles. The van der Waals surface area contributed by atoms with E-state index in [1.807, 2.05) is 20.8 Å². The zero-order chi connectivity index (χ0) is 13.9. The second-order valence-corrected chi connectivity index (χ2v) is 7.05. The first-order valence-corrected chi connectivity index (χ1v) is 8.13. The lowest BCUT2D eigenvalue weighted by molar-refractivity contribution is 0.434. The minimum atomic E-state index is -3.50. The number of anilines is 1. The summed E-state index contributed by atoms with van der Waals surface area (Å²) in [4.78, 5) is 0.193. The van der Waals surface area contributed by atoms with Crippen molar-refractivity contribution in [3.63, 3.8) is 0 Å². The fourth-order valence-electron chi connectivity index (χ4n) is 1.47. The van der Waals surface area contributed by atoms with E-state index in [1.165, 1.54) is 12.1 Å². The summed E-state index contributed by atoms with van der Waals surface area (Å²) in [5.74, 6) is 0.285. The molecule has 0 bridgehead atoms. The summed E-state index contributed by atoms with van der Waals surface area (Å²) in [6.45, 7) is 5.92. The van der Waals surface area contributed by atoms with Crippen molar-refractivity contribution >= 4 is 31.6 Å². The standard InChI is InChI=1S/C12H19BrN2O2S/c1-4-8(2)9(3)15-18(16,17)10-5-6-11(13)12(14)7-10/h5-9,15H,4,14H2,1-3H3. The Balaban J connectivity index is 2.96. The molecule has 0 aliphatic heterocycles. The highest BCUT2D eigenvalue weighted by Gasteiger charge is 2.20. The predicted octanol–water partition coefficient (Wildman–Crippen LogP) is 2.74. The number of sulfonamides is 1. The van der Waals surface area contributed by atoms with Gasteiger partial charge in [-0.2, -0.15) is 0 Å². The lowest BCUT2D eigenvalue weighted by Gasteiger charge is -2.20. The minimum Gasteiger partial charge on any atom is -0.398 e. The number of hydrogen-bond donors (Lipinski definition) is 2. The van der Waals surface area contributed by atoms with E-state index < -0.39 is 10.0 Å². The van der Waals surface area contributed by atoms with Crippen LogP contribution in [0.25, 0.3) is 0 Å². The van der Waals surface area contributed by atoms with Crippen LogP contribution in [-0.2, 0) is 10.0 Å². The van der Waals surface area contributed by atoms with Gasteiger partial charge in [-0.15, -0.1) is 0 Å². The van der Waals surface area contributed by atoms with Crippen molar-refractivity contribution in [2.75, 3.05) is 5.73 Å². The second kappa shape index (κ2) is 6.04. The zero-order valence-electron chi connectivity index (χ0n) is 10.8. The van der Waals surface area contributed by atoms with Crippen molar-refractivity contribution in [2.45, 2.75) is 38.1 Å². The second-order valence-electron chi connectivity index (χ2n) is 4.48. The SMILES string of the molecule is CCC(C)C(C)NS(=O)(=O)c1ccc(Br)c(N)c1. The van der Waals surface area contributed by atoms with Gasteiger partial charge < -0.3 is 5.73 Å². The Morgan fingerprint density at radius 2 is 2.00 bits per heavy atom. The highest BCUT2D eigenvalue weighted by molar-refractivity contribution is 9.10. The van der Waals surface area contributed by atoms with E-state index in [4.69, 9.17) is 5.73 Å². The number of nitrogens with two attached hydrogens (primary N) is 1. The van der Waals surface area contributed by atoms with E-state index in [1.54, 1.807) is 6.07 Å². The van der Waals surface area contributed by atoms with Crippen LogP contribution in [0.15, 0.2) is 27.6 Å². The molecule has 2 unspecified atom stereocenters. The van der Waals surface area contributed by atoms with Crippen LogP contribution in [0.1, 0.15) is 27.2 Å². The number of nitrogens with one attached hydrogen (secondary N) is 1. The van der Waals surface area contributed by atoms with Crippen LogP contribution in [0.2, 0.25) is 0 Å². The van der Waals surface area contributed by atoms with E-state index in [0.717, 1.165) is 6.42 Å². The number of hydrogen-bond acceptors (Lipinski definition) is 3. The van der Waals surface area contributed by atoms with Gasteiger partial charge in [-0.25, -0.2) is 13.1 Å². The molecule has 0 aromatic heterocycles. The van der Waals surface area contributed by atoms with Crippen molar-refractivity contribution in [3.05, 3.63) is 22.7 Å². The van der Waals surface area contributed by atoms with Gasteiger partial charge in [0.1, 0.15) is 0 Å². The van der Waals surface area contributed by atoms with Gasteiger partial charge in [0.2, 0.25) is 10.0 Å². The summed E-state index contributed by atoms with van der Waals surface area (Å²) in [5, 5.41) is 0. The smallest absolute Gasteiger partial charge is 0.240 e. The van der Waals surface area contributed by atoms with Crippen LogP contribution in [-0.4, -0.2) is 14.5 Å². The van der Waals surface area contributed by atoms with Crippen LogP contribution in [0.4, 0.5) is 5.69 Å². The molecule has 0 fully saturated rings. The van der Waals surface area contributed by atoms with Crippen LogP contribution in [0.5, 0.6) is 0 Å². The Morgan fingerprint density at radius 3 is 2.50 bits per heavy atom. The molecule has 1 rings (SSSR count). The van der Waals surface area contributed by atoms with Crippen molar-refractivity contribution in [1.82, 2.24) is 4.72 Å². The Kier molecular flexibility index (Phi) is 5.19. The summed E-state index contributed by atoms with van der Waals surface area (Å²) in [7, 11) is -3.50. The Bertz CT molecular complexity index is 517. The van der Waals surface area contributed by atoms with Crippen molar-refractivity contribution in [2.24, 2.45) is 5.92 Å². The highest BCUT2D eigenvalue weighted by atomic mass is 79.9. The van der Waals surface area contributed by atoms with Crippen LogP contribution < -0.4 is 10.5 Å². The number of rotatable bonds is 5. The molecule has 0 saturated carbocycles. The van der Waals surface area contributed by atoms with Gasteiger partial charge in [-0.05, 0) is 47.0 Å². The third-order valence-corrected chi connectivity index (χ3v) is 5.40. The van der Waals surface area contributed by atoms with E-state index >= 15 is 0 Å². The molecule has 102 valence electrons. The maximum atomic E-state index is 12.1.